The second kappa shape index (κ2) is 5.34. The van der Waals surface area contributed by atoms with Gasteiger partial charge in [-0.3, -0.25) is 0 Å². The van der Waals surface area contributed by atoms with Crippen LogP contribution in [0.5, 0.6) is 0 Å². The van der Waals surface area contributed by atoms with Crippen LogP contribution in [0.3, 0.4) is 0 Å². The van der Waals surface area contributed by atoms with E-state index in [-0.39, 0.29) is 0 Å². The van der Waals surface area contributed by atoms with Crippen LogP contribution >= 0.6 is 0 Å². The Bertz CT molecular complexity index is 502. The molecular weight excluding hydrogens is 214 g/mol. The molecule has 0 saturated heterocycles. The van der Waals surface area contributed by atoms with Gasteiger partial charge in [0.25, 0.3) is 0 Å². The maximum absolute atomic E-state index is 5.65. The first kappa shape index (κ1) is 12.1. The van der Waals surface area contributed by atoms with E-state index in [1.54, 1.807) is 7.11 Å². The summed E-state index contributed by atoms with van der Waals surface area (Å²) in [5.41, 5.74) is 4.71. The highest BCUT2D eigenvalue weighted by molar-refractivity contribution is 5.84. The minimum absolute atomic E-state index is 0.730. The zero-order chi connectivity index (χ0) is 12.3. The zero-order valence-corrected chi connectivity index (χ0v) is 10.7. The summed E-state index contributed by atoms with van der Waals surface area (Å²) in [6, 6.07) is 4.28. The van der Waals surface area contributed by atoms with Crippen molar-refractivity contribution in [2.45, 2.75) is 20.4 Å². The van der Waals surface area contributed by atoms with E-state index >= 15 is 0 Å². The highest BCUT2D eigenvalue weighted by Crippen LogP contribution is 2.26. The van der Waals surface area contributed by atoms with Crippen LogP contribution in [0.2, 0.25) is 0 Å². The number of hydrogen-bond acceptors (Lipinski definition) is 3. The second-order valence-electron chi connectivity index (χ2n) is 4.31. The summed E-state index contributed by atoms with van der Waals surface area (Å²) >= 11 is 0. The molecule has 3 nitrogen and oxygen atoms in total. The van der Waals surface area contributed by atoms with E-state index in [4.69, 9.17) is 9.15 Å². The highest BCUT2D eigenvalue weighted by atomic mass is 16.5. The molecule has 3 heteroatoms. The van der Waals surface area contributed by atoms with E-state index in [9.17, 15) is 0 Å². The molecule has 0 saturated carbocycles. The van der Waals surface area contributed by atoms with Gasteiger partial charge in [-0.05, 0) is 25.0 Å². The van der Waals surface area contributed by atoms with Gasteiger partial charge in [-0.15, -0.1) is 0 Å². The molecule has 17 heavy (non-hydrogen) atoms. The van der Waals surface area contributed by atoms with Gasteiger partial charge >= 0.3 is 0 Å². The molecule has 0 aliphatic rings. The number of nitrogens with one attached hydrogen (secondary N) is 1. The van der Waals surface area contributed by atoms with E-state index in [1.807, 2.05) is 6.26 Å². The van der Waals surface area contributed by atoms with E-state index in [1.165, 1.54) is 22.1 Å². The van der Waals surface area contributed by atoms with Crippen LogP contribution in [-0.2, 0) is 11.3 Å². The van der Waals surface area contributed by atoms with Crippen molar-refractivity contribution >= 4 is 11.0 Å². The number of hydrogen-bond donors (Lipinski definition) is 1. The lowest BCUT2D eigenvalue weighted by atomic mass is 10.1. The molecule has 1 N–H and O–H groups in total. The third kappa shape index (κ3) is 2.51. The smallest absolute Gasteiger partial charge is 0.137 e. The van der Waals surface area contributed by atoms with Crippen LogP contribution in [-0.4, -0.2) is 20.3 Å². The van der Waals surface area contributed by atoms with Gasteiger partial charge in [-0.2, -0.15) is 0 Å². The van der Waals surface area contributed by atoms with Gasteiger partial charge in [0.05, 0.1) is 12.9 Å². The number of aryl methyl sites for hydroxylation is 2. The predicted octanol–water partition coefficient (Wildman–Crippen LogP) is 2.79. The van der Waals surface area contributed by atoms with E-state index in [0.717, 1.165) is 25.3 Å². The number of methoxy groups -OCH3 is 1. The van der Waals surface area contributed by atoms with Gasteiger partial charge in [0, 0.05) is 31.1 Å². The fraction of sp³-hybridized carbons (Fsp3) is 0.429. The first-order chi connectivity index (χ1) is 8.24. The molecular formula is C14H19NO2. The molecule has 1 aromatic heterocycles. The van der Waals surface area contributed by atoms with E-state index in [0.29, 0.717) is 0 Å². The summed E-state index contributed by atoms with van der Waals surface area (Å²) in [4.78, 5) is 0. The maximum Gasteiger partial charge on any atom is 0.137 e. The summed E-state index contributed by atoms with van der Waals surface area (Å²) < 4.78 is 10.6. The number of ether oxygens (including phenoxy) is 1. The van der Waals surface area contributed by atoms with Crippen molar-refractivity contribution < 1.29 is 9.15 Å². The van der Waals surface area contributed by atoms with E-state index in [2.05, 4.69) is 31.3 Å². The van der Waals surface area contributed by atoms with Crippen LogP contribution in [0.1, 0.15) is 16.7 Å². The van der Waals surface area contributed by atoms with Gasteiger partial charge in [0.1, 0.15) is 5.58 Å². The Balaban J connectivity index is 2.16. The first-order valence-electron chi connectivity index (χ1n) is 5.90. The fourth-order valence-corrected chi connectivity index (χ4v) is 1.92. The van der Waals surface area contributed by atoms with Crippen molar-refractivity contribution in [1.29, 1.82) is 0 Å². The van der Waals surface area contributed by atoms with Crippen LogP contribution in [0.4, 0.5) is 0 Å². The Morgan fingerprint density at radius 3 is 2.88 bits per heavy atom. The lowest BCUT2D eigenvalue weighted by molar-refractivity contribution is 0.199. The third-order valence-corrected chi connectivity index (χ3v) is 3.14. The molecule has 0 radical (unpaired) electrons. The Labute approximate surface area is 102 Å². The minimum atomic E-state index is 0.730. The lowest BCUT2D eigenvalue weighted by Crippen LogP contribution is -2.18. The number of benzene rings is 1. The first-order valence-corrected chi connectivity index (χ1v) is 5.90. The maximum atomic E-state index is 5.65. The van der Waals surface area contributed by atoms with Gasteiger partial charge in [0.2, 0.25) is 0 Å². The van der Waals surface area contributed by atoms with Crippen LogP contribution in [0.25, 0.3) is 11.0 Å². The van der Waals surface area contributed by atoms with Gasteiger partial charge < -0.3 is 14.5 Å². The number of furan rings is 1. The Hall–Kier alpha value is -1.32. The summed E-state index contributed by atoms with van der Waals surface area (Å²) in [7, 11) is 1.71. The molecule has 0 bridgehead atoms. The molecule has 2 rings (SSSR count). The van der Waals surface area contributed by atoms with Gasteiger partial charge in [-0.25, -0.2) is 0 Å². The van der Waals surface area contributed by atoms with Gasteiger partial charge in [-0.1, -0.05) is 12.1 Å². The zero-order valence-electron chi connectivity index (χ0n) is 10.7. The molecule has 1 aromatic carbocycles. The second-order valence-corrected chi connectivity index (χ2v) is 4.31. The highest BCUT2D eigenvalue weighted by Gasteiger charge is 2.08. The van der Waals surface area contributed by atoms with Gasteiger partial charge in [0.15, 0.2) is 0 Å². The number of rotatable bonds is 5. The SMILES string of the molecule is COCCNCc1coc2c(C)c(C)ccc12. The molecule has 0 unspecified atom stereocenters. The summed E-state index contributed by atoms with van der Waals surface area (Å²) in [5, 5.41) is 4.54. The van der Waals surface area contributed by atoms with Crippen molar-refractivity contribution in [2.75, 3.05) is 20.3 Å². The molecule has 92 valence electrons. The molecule has 0 amide bonds. The topological polar surface area (TPSA) is 34.4 Å². The third-order valence-electron chi connectivity index (χ3n) is 3.14. The summed E-state index contributed by atoms with van der Waals surface area (Å²) in [5.74, 6) is 0. The Morgan fingerprint density at radius 1 is 1.29 bits per heavy atom. The lowest BCUT2D eigenvalue weighted by Gasteiger charge is -2.03. The fourth-order valence-electron chi connectivity index (χ4n) is 1.92. The summed E-state index contributed by atoms with van der Waals surface area (Å²) in [6.07, 6.45) is 1.84. The Kier molecular flexibility index (Phi) is 3.82. The molecule has 0 spiro atoms. The molecule has 0 fully saturated rings. The molecule has 0 aliphatic carbocycles. The molecule has 0 atom stereocenters. The van der Waals surface area contributed by atoms with Crippen LogP contribution in [0, 0.1) is 13.8 Å². The monoisotopic (exact) mass is 233 g/mol. The predicted molar refractivity (Wildman–Crippen MR) is 69.3 cm³/mol. The molecule has 1 heterocycles. The molecule has 2 aromatic rings. The molecule has 0 aliphatic heterocycles. The summed E-state index contributed by atoms with van der Waals surface area (Å²) in [6.45, 7) is 6.61. The average molecular weight is 233 g/mol. The minimum Gasteiger partial charge on any atom is -0.464 e. The quantitative estimate of drug-likeness (QED) is 0.806. The van der Waals surface area contributed by atoms with Crippen molar-refractivity contribution in [3.8, 4) is 0 Å². The normalized spacial score (nSPS) is 11.2. The van der Waals surface area contributed by atoms with Crippen molar-refractivity contribution in [3.05, 3.63) is 35.1 Å². The average Bonchev–Trinajstić information content (AvgIpc) is 2.73. The number of fused-ring (bicyclic) bond motifs is 1. The Morgan fingerprint density at radius 2 is 2.12 bits per heavy atom. The van der Waals surface area contributed by atoms with Crippen molar-refractivity contribution in [2.24, 2.45) is 0 Å². The van der Waals surface area contributed by atoms with Crippen molar-refractivity contribution in [3.63, 3.8) is 0 Å². The standard InChI is InChI=1S/C14H19NO2/c1-10-4-5-13-12(8-15-6-7-16-3)9-17-14(13)11(10)2/h4-5,9,15H,6-8H2,1-3H3. The van der Waals surface area contributed by atoms with E-state index < -0.39 is 0 Å². The van der Waals surface area contributed by atoms with Crippen LogP contribution < -0.4 is 5.32 Å². The van der Waals surface area contributed by atoms with Crippen LogP contribution in [0.15, 0.2) is 22.8 Å². The van der Waals surface area contributed by atoms with Crippen molar-refractivity contribution in [1.82, 2.24) is 5.32 Å². The largest absolute Gasteiger partial charge is 0.464 e.